The predicted molar refractivity (Wildman–Crippen MR) is 111 cm³/mol. The van der Waals surface area contributed by atoms with E-state index in [0.717, 1.165) is 42.6 Å². The number of hydrogen-bond acceptors (Lipinski definition) is 4. The molecule has 0 amide bonds. The molecule has 0 atom stereocenters. The lowest BCUT2D eigenvalue weighted by molar-refractivity contribution is 0.391. The van der Waals surface area contributed by atoms with Gasteiger partial charge in [-0.1, -0.05) is 17.7 Å². The van der Waals surface area contributed by atoms with E-state index in [1.807, 2.05) is 18.2 Å². The summed E-state index contributed by atoms with van der Waals surface area (Å²) >= 11 is 11.6. The van der Waals surface area contributed by atoms with Gasteiger partial charge in [0.1, 0.15) is 0 Å². The molecule has 0 spiro atoms. The molecule has 2 aromatic carbocycles. The van der Waals surface area contributed by atoms with Crippen LogP contribution in [0.3, 0.4) is 0 Å². The lowest BCUT2D eigenvalue weighted by atomic mass is 10.2. The summed E-state index contributed by atoms with van der Waals surface area (Å²) in [4.78, 5) is 4.69. The number of halogens is 1. The van der Waals surface area contributed by atoms with E-state index < -0.39 is 9.84 Å². The van der Waals surface area contributed by atoms with Crippen molar-refractivity contribution >= 4 is 50.1 Å². The topological polar surface area (TPSA) is 52.7 Å². The predicted octanol–water partition coefficient (Wildman–Crippen LogP) is 3.26. The van der Waals surface area contributed by atoms with Gasteiger partial charge in [0, 0.05) is 48.8 Å². The molecular formula is C18H20ClN3O2S2. The molecule has 1 heterocycles. The highest BCUT2D eigenvalue weighted by molar-refractivity contribution is 7.90. The van der Waals surface area contributed by atoms with Crippen LogP contribution in [0.2, 0.25) is 5.02 Å². The van der Waals surface area contributed by atoms with Crippen molar-refractivity contribution in [3.8, 4) is 0 Å². The molecule has 2 aromatic rings. The van der Waals surface area contributed by atoms with E-state index in [1.54, 1.807) is 24.3 Å². The van der Waals surface area contributed by atoms with Gasteiger partial charge in [-0.3, -0.25) is 0 Å². The molecule has 0 aromatic heterocycles. The van der Waals surface area contributed by atoms with Gasteiger partial charge in [-0.05, 0) is 54.7 Å². The van der Waals surface area contributed by atoms with Crippen molar-refractivity contribution in [3.05, 3.63) is 53.6 Å². The first-order valence-corrected chi connectivity index (χ1v) is 10.9. The summed E-state index contributed by atoms with van der Waals surface area (Å²) in [5.41, 5.74) is 1.90. The van der Waals surface area contributed by atoms with Gasteiger partial charge in [0.2, 0.25) is 0 Å². The van der Waals surface area contributed by atoms with Crippen molar-refractivity contribution in [3.63, 3.8) is 0 Å². The lowest BCUT2D eigenvalue weighted by Crippen LogP contribution is -2.50. The maximum Gasteiger partial charge on any atom is 0.175 e. The molecule has 8 heteroatoms. The summed E-state index contributed by atoms with van der Waals surface area (Å²) in [7, 11) is -3.19. The third kappa shape index (κ3) is 4.66. The minimum absolute atomic E-state index is 0.295. The van der Waals surface area contributed by atoms with Gasteiger partial charge in [0.25, 0.3) is 0 Å². The van der Waals surface area contributed by atoms with Crippen molar-refractivity contribution in [1.82, 2.24) is 4.90 Å². The molecule has 1 aliphatic rings. The zero-order chi connectivity index (χ0) is 18.7. The fraction of sp³-hybridized carbons (Fsp3) is 0.278. The molecule has 0 unspecified atom stereocenters. The molecule has 5 nitrogen and oxygen atoms in total. The normalized spacial score (nSPS) is 15.0. The molecule has 0 bridgehead atoms. The van der Waals surface area contributed by atoms with Crippen LogP contribution in [0.5, 0.6) is 0 Å². The molecule has 0 radical (unpaired) electrons. The fourth-order valence-electron chi connectivity index (χ4n) is 2.83. The Kier molecular flexibility index (Phi) is 5.70. The lowest BCUT2D eigenvalue weighted by Gasteiger charge is -2.37. The second-order valence-corrected chi connectivity index (χ2v) is 9.02. The highest BCUT2D eigenvalue weighted by atomic mass is 35.5. The quantitative estimate of drug-likeness (QED) is 0.785. The highest BCUT2D eigenvalue weighted by Crippen LogP contribution is 2.21. The van der Waals surface area contributed by atoms with E-state index in [2.05, 4.69) is 21.2 Å². The molecule has 138 valence electrons. The molecular weight excluding hydrogens is 390 g/mol. The first kappa shape index (κ1) is 18.9. The van der Waals surface area contributed by atoms with E-state index in [9.17, 15) is 8.42 Å². The summed E-state index contributed by atoms with van der Waals surface area (Å²) in [5.74, 6) is 0. The average Bonchev–Trinajstić information content (AvgIpc) is 2.61. The van der Waals surface area contributed by atoms with Crippen molar-refractivity contribution in [1.29, 1.82) is 0 Å². The number of rotatable bonds is 3. The third-order valence-corrected chi connectivity index (χ3v) is 6.00. The minimum Gasteiger partial charge on any atom is -0.368 e. The van der Waals surface area contributed by atoms with E-state index in [4.69, 9.17) is 23.8 Å². The number of nitrogens with zero attached hydrogens (tertiary/aromatic N) is 2. The molecule has 0 saturated carbocycles. The Balaban J connectivity index is 1.57. The molecule has 1 aliphatic heterocycles. The molecule has 26 heavy (non-hydrogen) atoms. The Morgan fingerprint density at radius 3 is 2.31 bits per heavy atom. The Hall–Kier alpha value is -1.83. The van der Waals surface area contributed by atoms with E-state index in [1.165, 1.54) is 6.26 Å². The van der Waals surface area contributed by atoms with Gasteiger partial charge in [-0.25, -0.2) is 8.42 Å². The Bertz CT molecular complexity index is 893. The minimum atomic E-state index is -3.19. The van der Waals surface area contributed by atoms with Crippen molar-refractivity contribution in [2.45, 2.75) is 4.90 Å². The third-order valence-electron chi connectivity index (χ3n) is 4.27. The van der Waals surface area contributed by atoms with Crippen LogP contribution >= 0.6 is 23.8 Å². The number of thiocarbonyl (C=S) groups is 1. The number of nitrogens with one attached hydrogen (secondary N) is 1. The zero-order valence-electron chi connectivity index (χ0n) is 14.4. The van der Waals surface area contributed by atoms with Crippen LogP contribution < -0.4 is 10.2 Å². The second kappa shape index (κ2) is 7.82. The molecule has 3 rings (SSSR count). The van der Waals surface area contributed by atoms with Crippen LogP contribution in [0.1, 0.15) is 0 Å². The number of anilines is 2. The van der Waals surface area contributed by atoms with Crippen LogP contribution in [-0.4, -0.2) is 50.9 Å². The smallest absolute Gasteiger partial charge is 0.175 e. The Morgan fingerprint density at radius 1 is 1.08 bits per heavy atom. The maximum absolute atomic E-state index is 11.5. The first-order valence-electron chi connectivity index (χ1n) is 8.19. The van der Waals surface area contributed by atoms with Gasteiger partial charge in [0.15, 0.2) is 14.9 Å². The molecule has 1 fully saturated rings. The van der Waals surface area contributed by atoms with Gasteiger partial charge in [-0.15, -0.1) is 0 Å². The zero-order valence-corrected chi connectivity index (χ0v) is 16.7. The Labute approximate surface area is 164 Å². The van der Waals surface area contributed by atoms with Crippen molar-refractivity contribution < 1.29 is 8.42 Å². The van der Waals surface area contributed by atoms with Crippen LogP contribution in [0.25, 0.3) is 0 Å². The summed E-state index contributed by atoms with van der Waals surface area (Å²) < 4.78 is 23.0. The maximum atomic E-state index is 11.5. The largest absolute Gasteiger partial charge is 0.368 e. The number of sulfone groups is 1. The summed E-state index contributed by atoms with van der Waals surface area (Å²) in [5, 5.41) is 4.55. The van der Waals surface area contributed by atoms with Crippen LogP contribution in [0, 0.1) is 0 Å². The van der Waals surface area contributed by atoms with Crippen LogP contribution in [-0.2, 0) is 9.84 Å². The summed E-state index contributed by atoms with van der Waals surface area (Å²) in [6.45, 7) is 3.32. The fourth-order valence-corrected chi connectivity index (χ4v) is 3.94. The Morgan fingerprint density at radius 2 is 1.73 bits per heavy atom. The van der Waals surface area contributed by atoms with E-state index in [0.29, 0.717) is 10.0 Å². The molecule has 1 N–H and O–H groups in total. The van der Waals surface area contributed by atoms with Crippen molar-refractivity contribution in [2.24, 2.45) is 0 Å². The van der Waals surface area contributed by atoms with Crippen LogP contribution in [0.15, 0.2) is 53.4 Å². The van der Waals surface area contributed by atoms with Crippen molar-refractivity contribution in [2.75, 3.05) is 42.7 Å². The SMILES string of the molecule is CS(=O)(=O)c1ccc(NC(=S)N2CCN(c3cccc(Cl)c3)CC2)cc1. The van der Waals surface area contributed by atoms with Crippen LogP contribution in [0.4, 0.5) is 11.4 Å². The highest BCUT2D eigenvalue weighted by Gasteiger charge is 2.19. The summed E-state index contributed by atoms with van der Waals surface area (Å²) in [6, 6.07) is 14.5. The number of piperazine rings is 1. The monoisotopic (exact) mass is 409 g/mol. The number of benzene rings is 2. The number of hydrogen-bond donors (Lipinski definition) is 1. The first-order chi connectivity index (χ1) is 12.3. The van der Waals surface area contributed by atoms with E-state index in [-0.39, 0.29) is 0 Å². The summed E-state index contributed by atoms with van der Waals surface area (Å²) in [6.07, 6.45) is 1.19. The average molecular weight is 410 g/mol. The van der Waals surface area contributed by atoms with E-state index >= 15 is 0 Å². The van der Waals surface area contributed by atoms with Gasteiger partial charge in [-0.2, -0.15) is 0 Å². The molecule has 1 saturated heterocycles. The van der Waals surface area contributed by atoms with Gasteiger partial charge >= 0.3 is 0 Å². The second-order valence-electron chi connectivity index (χ2n) is 6.18. The standard InChI is InChI=1S/C18H20ClN3O2S2/c1-26(23,24)17-7-5-15(6-8-17)20-18(25)22-11-9-21(10-12-22)16-4-2-3-14(19)13-16/h2-8,13H,9-12H2,1H3,(H,20,25). The van der Waals surface area contributed by atoms with Gasteiger partial charge < -0.3 is 15.1 Å². The van der Waals surface area contributed by atoms with Gasteiger partial charge in [0.05, 0.1) is 4.90 Å². The molecule has 0 aliphatic carbocycles.